The van der Waals surface area contributed by atoms with Crippen LogP contribution in [0.5, 0.6) is 5.75 Å². The van der Waals surface area contributed by atoms with Gasteiger partial charge in [-0.3, -0.25) is 0 Å². The first-order valence-electron chi connectivity index (χ1n) is 6.07. The van der Waals surface area contributed by atoms with Gasteiger partial charge in [0.1, 0.15) is 5.75 Å². The van der Waals surface area contributed by atoms with Crippen LogP contribution in [0.3, 0.4) is 0 Å². The second kappa shape index (κ2) is 6.83. The standard InChI is InChI=1S/C15H14F3NO.ClH/c1-10(19)12-3-2-4-13(9-12)11-5-7-14(8-6-11)20-15(16,17)18;/h2-10H,19H2,1H3;1H/t10-;/m0./s1. The largest absolute Gasteiger partial charge is 0.573 e. The van der Waals surface area contributed by atoms with E-state index in [0.29, 0.717) is 0 Å². The zero-order valence-corrected chi connectivity index (χ0v) is 12.0. The third-order valence-corrected chi connectivity index (χ3v) is 2.83. The number of hydrogen-bond acceptors (Lipinski definition) is 2. The molecule has 0 unspecified atom stereocenters. The molecule has 0 heterocycles. The zero-order valence-electron chi connectivity index (χ0n) is 11.2. The number of hydrogen-bond donors (Lipinski definition) is 1. The fourth-order valence-corrected chi connectivity index (χ4v) is 1.85. The van der Waals surface area contributed by atoms with Crippen molar-refractivity contribution < 1.29 is 17.9 Å². The van der Waals surface area contributed by atoms with Gasteiger partial charge in [-0.1, -0.05) is 30.3 Å². The van der Waals surface area contributed by atoms with Gasteiger partial charge >= 0.3 is 6.36 Å². The van der Waals surface area contributed by atoms with Crippen LogP contribution in [0.1, 0.15) is 18.5 Å². The van der Waals surface area contributed by atoms with Gasteiger partial charge < -0.3 is 10.5 Å². The van der Waals surface area contributed by atoms with E-state index in [0.717, 1.165) is 16.7 Å². The highest BCUT2D eigenvalue weighted by molar-refractivity contribution is 5.85. The maximum Gasteiger partial charge on any atom is 0.573 e. The van der Waals surface area contributed by atoms with Crippen molar-refractivity contribution in [2.45, 2.75) is 19.3 Å². The monoisotopic (exact) mass is 317 g/mol. The van der Waals surface area contributed by atoms with E-state index in [2.05, 4.69) is 4.74 Å². The summed E-state index contributed by atoms with van der Waals surface area (Å²) in [6, 6.07) is 13.2. The molecule has 0 bridgehead atoms. The van der Waals surface area contributed by atoms with Crippen LogP contribution in [0.15, 0.2) is 48.5 Å². The summed E-state index contributed by atoms with van der Waals surface area (Å²) in [5, 5.41) is 0. The predicted molar refractivity (Wildman–Crippen MR) is 78.4 cm³/mol. The molecule has 2 rings (SSSR count). The molecular formula is C15H15ClF3NO. The highest BCUT2D eigenvalue weighted by Gasteiger charge is 2.30. The van der Waals surface area contributed by atoms with Crippen LogP contribution >= 0.6 is 12.4 Å². The lowest BCUT2D eigenvalue weighted by Gasteiger charge is -2.11. The molecule has 2 N–H and O–H groups in total. The Morgan fingerprint density at radius 1 is 1.00 bits per heavy atom. The molecule has 1 atom stereocenters. The Morgan fingerprint density at radius 3 is 2.14 bits per heavy atom. The Hall–Kier alpha value is -1.72. The summed E-state index contributed by atoms with van der Waals surface area (Å²) in [6.07, 6.45) is -4.67. The van der Waals surface area contributed by atoms with E-state index in [1.807, 2.05) is 31.2 Å². The first kappa shape index (κ1) is 17.3. The Labute approximate surface area is 127 Å². The lowest BCUT2D eigenvalue weighted by molar-refractivity contribution is -0.274. The van der Waals surface area contributed by atoms with E-state index in [4.69, 9.17) is 5.73 Å². The van der Waals surface area contributed by atoms with Gasteiger partial charge in [-0.05, 0) is 41.8 Å². The van der Waals surface area contributed by atoms with Gasteiger partial charge in [0.2, 0.25) is 0 Å². The minimum atomic E-state index is -4.67. The SMILES string of the molecule is C[C@H](N)c1cccc(-c2ccc(OC(F)(F)F)cc2)c1.Cl. The summed E-state index contributed by atoms with van der Waals surface area (Å²) in [5.74, 6) is -0.232. The second-order valence-corrected chi connectivity index (χ2v) is 4.49. The minimum Gasteiger partial charge on any atom is -0.406 e. The molecule has 21 heavy (non-hydrogen) atoms. The number of rotatable bonds is 3. The van der Waals surface area contributed by atoms with E-state index in [1.54, 1.807) is 12.1 Å². The Morgan fingerprint density at radius 2 is 1.62 bits per heavy atom. The molecule has 0 amide bonds. The molecule has 0 aliphatic carbocycles. The summed E-state index contributed by atoms with van der Waals surface area (Å²) >= 11 is 0. The molecule has 2 aromatic rings. The highest BCUT2D eigenvalue weighted by Crippen LogP contribution is 2.27. The molecule has 0 aliphatic heterocycles. The van der Waals surface area contributed by atoms with Crippen LogP contribution in [-0.4, -0.2) is 6.36 Å². The van der Waals surface area contributed by atoms with Crippen molar-refractivity contribution in [1.82, 2.24) is 0 Å². The van der Waals surface area contributed by atoms with Crippen LogP contribution in [0.4, 0.5) is 13.2 Å². The van der Waals surface area contributed by atoms with Crippen molar-refractivity contribution in [2.24, 2.45) is 5.73 Å². The molecule has 0 saturated carbocycles. The minimum absolute atomic E-state index is 0. The first-order chi connectivity index (χ1) is 9.35. The van der Waals surface area contributed by atoms with Crippen molar-refractivity contribution >= 4 is 12.4 Å². The van der Waals surface area contributed by atoms with E-state index in [1.165, 1.54) is 12.1 Å². The zero-order chi connectivity index (χ0) is 14.8. The predicted octanol–water partition coefficient (Wildman–Crippen LogP) is 4.69. The molecule has 6 heteroatoms. The summed E-state index contributed by atoms with van der Waals surface area (Å²) in [5.41, 5.74) is 8.49. The maximum atomic E-state index is 12.1. The summed E-state index contributed by atoms with van der Waals surface area (Å²) < 4.78 is 40.0. The third kappa shape index (κ3) is 4.95. The number of ether oxygens (including phenoxy) is 1. The molecule has 0 spiro atoms. The third-order valence-electron chi connectivity index (χ3n) is 2.83. The lowest BCUT2D eigenvalue weighted by Crippen LogP contribution is -2.16. The van der Waals surface area contributed by atoms with Crippen LogP contribution in [0, 0.1) is 0 Å². The smallest absolute Gasteiger partial charge is 0.406 e. The Balaban J connectivity index is 0.00000220. The number of nitrogens with two attached hydrogens (primary N) is 1. The van der Waals surface area contributed by atoms with Crippen molar-refractivity contribution in [3.63, 3.8) is 0 Å². The molecule has 114 valence electrons. The molecule has 0 fully saturated rings. The van der Waals surface area contributed by atoms with Gasteiger partial charge in [0.25, 0.3) is 0 Å². The quantitative estimate of drug-likeness (QED) is 0.891. The number of alkyl halides is 3. The van der Waals surface area contributed by atoms with Gasteiger partial charge in [-0.2, -0.15) is 0 Å². The highest BCUT2D eigenvalue weighted by atomic mass is 35.5. The molecule has 2 nitrogen and oxygen atoms in total. The first-order valence-corrected chi connectivity index (χ1v) is 6.07. The van der Waals surface area contributed by atoms with Gasteiger partial charge in [0, 0.05) is 6.04 Å². The van der Waals surface area contributed by atoms with Crippen LogP contribution in [-0.2, 0) is 0 Å². The second-order valence-electron chi connectivity index (χ2n) is 4.49. The van der Waals surface area contributed by atoms with Gasteiger partial charge in [-0.25, -0.2) is 0 Å². The summed E-state index contributed by atoms with van der Waals surface area (Å²) in [4.78, 5) is 0. The van der Waals surface area contributed by atoms with E-state index in [-0.39, 0.29) is 24.2 Å². The van der Waals surface area contributed by atoms with Crippen LogP contribution < -0.4 is 10.5 Å². The van der Waals surface area contributed by atoms with Crippen LogP contribution in [0.2, 0.25) is 0 Å². The van der Waals surface area contributed by atoms with Crippen molar-refractivity contribution in [3.05, 3.63) is 54.1 Å². The van der Waals surface area contributed by atoms with Gasteiger partial charge in [-0.15, -0.1) is 25.6 Å². The number of halogens is 4. The van der Waals surface area contributed by atoms with Crippen LogP contribution in [0.25, 0.3) is 11.1 Å². The normalized spacial score (nSPS) is 12.4. The summed E-state index contributed by atoms with van der Waals surface area (Å²) in [7, 11) is 0. The Bertz CT molecular complexity index is 582. The number of benzene rings is 2. The van der Waals surface area contributed by atoms with Crippen molar-refractivity contribution in [2.75, 3.05) is 0 Å². The molecule has 0 aliphatic rings. The topological polar surface area (TPSA) is 35.2 Å². The maximum absolute atomic E-state index is 12.1. The Kier molecular flexibility index (Phi) is 5.63. The fourth-order valence-electron chi connectivity index (χ4n) is 1.85. The summed E-state index contributed by atoms with van der Waals surface area (Å²) in [6.45, 7) is 1.87. The van der Waals surface area contributed by atoms with E-state index < -0.39 is 6.36 Å². The van der Waals surface area contributed by atoms with Gasteiger partial charge in [0.05, 0.1) is 0 Å². The van der Waals surface area contributed by atoms with Crippen molar-refractivity contribution in [3.8, 4) is 16.9 Å². The van der Waals surface area contributed by atoms with E-state index >= 15 is 0 Å². The average Bonchev–Trinajstić information content (AvgIpc) is 2.38. The molecule has 0 radical (unpaired) electrons. The van der Waals surface area contributed by atoms with Crippen molar-refractivity contribution in [1.29, 1.82) is 0 Å². The van der Waals surface area contributed by atoms with E-state index in [9.17, 15) is 13.2 Å². The molecule has 0 aromatic heterocycles. The molecule has 2 aromatic carbocycles. The lowest BCUT2D eigenvalue weighted by atomic mass is 10.0. The molecular weight excluding hydrogens is 303 g/mol. The fraction of sp³-hybridized carbons (Fsp3) is 0.200. The average molecular weight is 318 g/mol. The molecule has 0 saturated heterocycles. The van der Waals surface area contributed by atoms with Gasteiger partial charge in [0.15, 0.2) is 0 Å².